The summed E-state index contributed by atoms with van der Waals surface area (Å²) in [6, 6.07) is 11.6. The Labute approximate surface area is 156 Å². The van der Waals surface area contributed by atoms with Crippen LogP contribution in [0.15, 0.2) is 51.7 Å². The zero-order chi connectivity index (χ0) is 19.6. The molecular formula is C21H21NO5. The molecule has 0 aliphatic heterocycles. The summed E-state index contributed by atoms with van der Waals surface area (Å²) in [5.74, 6) is -1.23. The second-order valence-electron chi connectivity index (χ2n) is 6.63. The number of carbonyl (C=O) groups is 1. The SMILES string of the molecule is Cc1c(C)c2ccc(O)c(C[NH2+][C@H](Cc3ccccc3)C(=O)[O-])c2oc1=O. The Kier molecular flexibility index (Phi) is 5.28. The molecule has 27 heavy (non-hydrogen) atoms. The van der Waals surface area contributed by atoms with Gasteiger partial charge < -0.3 is 24.7 Å². The number of carboxylic acid groups (broad SMARTS) is 1. The number of carbonyl (C=O) groups excluding carboxylic acids is 1. The molecule has 0 aliphatic rings. The Balaban J connectivity index is 1.92. The number of aliphatic carboxylic acids is 1. The fourth-order valence-electron chi connectivity index (χ4n) is 3.14. The van der Waals surface area contributed by atoms with Gasteiger partial charge in [0, 0.05) is 17.4 Å². The Morgan fingerprint density at radius 1 is 1.15 bits per heavy atom. The lowest BCUT2D eigenvalue weighted by Gasteiger charge is -2.18. The number of hydrogen-bond donors (Lipinski definition) is 2. The predicted octanol–water partition coefficient (Wildman–Crippen LogP) is 0.540. The quantitative estimate of drug-likeness (QED) is 0.619. The minimum atomic E-state index is -1.19. The van der Waals surface area contributed by atoms with Crippen molar-refractivity contribution in [2.75, 3.05) is 0 Å². The lowest BCUT2D eigenvalue weighted by Crippen LogP contribution is -2.92. The molecule has 0 saturated carbocycles. The van der Waals surface area contributed by atoms with Crippen LogP contribution in [0.25, 0.3) is 11.0 Å². The first kappa shape index (κ1) is 18.7. The van der Waals surface area contributed by atoms with Gasteiger partial charge >= 0.3 is 5.63 Å². The lowest BCUT2D eigenvalue weighted by molar-refractivity contribution is -0.698. The molecule has 1 aromatic heterocycles. The molecule has 0 fully saturated rings. The Hall–Kier alpha value is -3.12. The molecule has 0 aliphatic carbocycles. The van der Waals surface area contributed by atoms with E-state index in [1.54, 1.807) is 18.3 Å². The van der Waals surface area contributed by atoms with Crippen LogP contribution in [0.1, 0.15) is 22.3 Å². The average Bonchev–Trinajstić information content (AvgIpc) is 2.65. The first-order chi connectivity index (χ1) is 12.9. The predicted molar refractivity (Wildman–Crippen MR) is 98.2 cm³/mol. The summed E-state index contributed by atoms with van der Waals surface area (Å²) in [6.45, 7) is 3.64. The summed E-state index contributed by atoms with van der Waals surface area (Å²) >= 11 is 0. The molecule has 2 aromatic carbocycles. The van der Waals surface area contributed by atoms with Crippen molar-refractivity contribution in [3.63, 3.8) is 0 Å². The number of rotatable bonds is 6. The standard InChI is InChI=1S/C21H21NO5/c1-12-13(2)21(26)27-19-15(12)8-9-18(23)16(19)11-22-17(20(24)25)10-14-6-4-3-5-7-14/h3-9,17,22-23H,10-11H2,1-2H3,(H,24,25)/t17-/m1/s1. The van der Waals surface area contributed by atoms with Crippen LogP contribution in [-0.4, -0.2) is 17.1 Å². The van der Waals surface area contributed by atoms with Gasteiger partial charge in [-0.2, -0.15) is 0 Å². The van der Waals surface area contributed by atoms with Crippen LogP contribution in [0.2, 0.25) is 0 Å². The van der Waals surface area contributed by atoms with E-state index in [1.807, 2.05) is 37.3 Å². The minimum Gasteiger partial charge on any atom is -0.544 e. The van der Waals surface area contributed by atoms with Crippen molar-refractivity contribution in [2.24, 2.45) is 0 Å². The van der Waals surface area contributed by atoms with Crippen molar-refractivity contribution >= 4 is 16.9 Å². The average molecular weight is 367 g/mol. The maximum Gasteiger partial charge on any atom is 0.339 e. The van der Waals surface area contributed by atoms with Gasteiger partial charge in [-0.25, -0.2) is 4.79 Å². The molecule has 3 N–H and O–H groups in total. The zero-order valence-corrected chi connectivity index (χ0v) is 15.2. The molecule has 1 heterocycles. The Morgan fingerprint density at radius 3 is 2.52 bits per heavy atom. The van der Waals surface area contributed by atoms with E-state index in [1.165, 1.54) is 6.07 Å². The minimum absolute atomic E-state index is 0.0398. The van der Waals surface area contributed by atoms with Gasteiger partial charge in [-0.1, -0.05) is 30.3 Å². The van der Waals surface area contributed by atoms with Gasteiger partial charge in [-0.3, -0.25) is 0 Å². The van der Waals surface area contributed by atoms with E-state index >= 15 is 0 Å². The molecule has 0 amide bonds. The van der Waals surface area contributed by atoms with Gasteiger partial charge in [0.05, 0.1) is 11.5 Å². The van der Waals surface area contributed by atoms with Crippen LogP contribution in [0, 0.1) is 13.8 Å². The number of aryl methyl sites for hydroxylation is 1. The number of fused-ring (bicyclic) bond motifs is 1. The highest BCUT2D eigenvalue weighted by atomic mass is 16.4. The van der Waals surface area contributed by atoms with Crippen molar-refractivity contribution in [2.45, 2.75) is 32.9 Å². The van der Waals surface area contributed by atoms with Gasteiger partial charge in [0.1, 0.15) is 18.3 Å². The number of hydrogen-bond acceptors (Lipinski definition) is 5. The van der Waals surface area contributed by atoms with E-state index in [9.17, 15) is 19.8 Å². The molecule has 1 atom stereocenters. The Bertz CT molecular complexity index is 1040. The molecular weight excluding hydrogens is 346 g/mol. The molecule has 0 spiro atoms. The third-order valence-corrected chi connectivity index (χ3v) is 4.91. The van der Waals surface area contributed by atoms with Gasteiger partial charge in [-0.15, -0.1) is 0 Å². The topological polar surface area (TPSA) is 107 Å². The summed E-state index contributed by atoms with van der Waals surface area (Å²) < 4.78 is 5.40. The molecule has 3 rings (SSSR count). The number of aromatic hydroxyl groups is 1. The summed E-state index contributed by atoms with van der Waals surface area (Å²) in [7, 11) is 0. The van der Waals surface area contributed by atoms with E-state index in [0.29, 0.717) is 11.1 Å². The second kappa shape index (κ2) is 7.63. The van der Waals surface area contributed by atoms with Gasteiger partial charge in [0.2, 0.25) is 0 Å². The highest BCUT2D eigenvalue weighted by Crippen LogP contribution is 2.28. The largest absolute Gasteiger partial charge is 0.544 e. The molecule has 0 radical (unpaired) electrons. The molecule has 6 heteroatoms. The van der Waals surface area contributed by atoms with Crippen molar-refractivity contribution in [3.05, 3.63) is 75.1 Å². The van der Waals surface area contributed by atoms with Crippen LogP contribution in [0.3, 0.4) is 0 Å². The maximum atomic E-state index is 12.0. The van der Waals surface area contributed by atoms with Crippen molar-refractivity contribution < 1.29 is 24.7 Å². The first-order valence-corrected chi connectivity index (χ1v) is 8.71. The van der Waals surface area contributed by atoms with E-state index in [-0.39, 0.29) is 24.3 Å². The third kappa shape index (κ3) is 3.85. The highest BCUT2D eigenvalue weighted by Gasteiger charge is 2.19. The zero-order valence-electron chi connectivity index (χ0n) is 15.2. The number of nitrogens with two attached hydrogens (primary N) is 1. The third-order valence-electron chi connectivity index (χ3n) is 4.91. The lowest BCUT2D eigenvalue weighted by atomic mass is 10.0. The molecule has 3 aromatic rings. The number of phenolic OH excluding ortho intramolecular Hbond substituents is 1. The maximum absolute atomic E-state index is 12.0. The van der Waals surface area contributed by atoms with Crippen LogP contribution in [0.5, 0.6) is 5.75 Å². The van der Waals surface area contributed by atoms with Gasteiger partial charge in [0.25, 0.3) is 0 Å². The fraction of sp³-hybridized carbons (Fsp3) is 0.238. The number of benzene rings is 2. The summed E-state index contributed by atoms with van der Waals surface area (Å²) in [6.07, 6.45) is 0.288. The fourth-order valence-corrected chi connectivity index (χ4v) is 3.14. The molecule has 0 unspecified atom stereocenters. The van der Waals surface area contributed by atoms with E-state index < -0.39 is 17.6 Å². The van der Waals surface area contributed by atoms with E-state index in [4.69, 9.17) is 4.42 Å². The second-order valence-corrected chi connectivity index (χ2v) is 6.63. The highest BCUT2D eigenvalue weighted by molar-refractivity contribution is 5.85. The number of phenols is 1. The summed E-state index contributed by atoms with van der Waals surface area (Å²) in [5, 5.41) is 24.1. The smallest absolute Gasteiger partial charge is 0.339 e. The van der Waals surface area contributed by atoms with E-state index in [2.05, 4.69) is 0 Å². The van der Waals surface area contributed by atoms with Crippen LogP contribution < -0.4 is 16.0 Å². The van der Waals surface area contributed by atoms with Gasteiger partial charge in [-0.05, 0) is 37.1 Å². The monoisotopic (exact) mass is 367 g/mol. The first-order valence-electron chi connectivity index (χ1n) is 8.71. The number of carboxylic acids is 1. The Morgan fingerprint density at radius 2 is 1.85 bits per heavy atom. The van der Waals surface area contributed by atoms with Crippen molar-refractivity contribution in [1.82, 2.24) is 0 Å². The molecule has 6 nitrogen and oxygen atoms in total. The van der Waals surface area contributed by atoms with Crippen LogP contribution in [-0.2, 0) is 17.8 Å². The summed E-state index contributed by atoms with van der Waals surface area (Å²) in [5.41, 5.74) is 2.39. The van der Waals surface area contributed by atoms with Crippen LogP contribution >= 0.6 is 0 Å². The molecule has 0 bridgehead atoms. The van der Waals surface area contributed by atoms with Crippen molar-refractivity contribution in [1.29, 1.82) is 0 Å². The van der Waals surface area contributed by atoms with Crippen molar-refractivity contribution in [3.8, 4) is 5.75 Å². The summed E-state index contributed by atoms with van der Waals surface area (Å²) in [4.78, 5) is 23.6. The van der Waals surface area contributed by atoms with E-state index in [0.717, 1.165) is 16.5 Å². The van der Waals surface area contributed by atoms with Gasteiger partial charge in [0.15, 0.2) is 5.58 Å². The number of quaternary nitrogens is 1. The normalized spacial score (nSPS) is 12.2. The molecule has 140 valence electrons. The van der Waals surface area contributed by atoms with Crippen LogP contribution in [0.4, 0.5) is 0 Å². The molecule has 0 saturated heterocycles.